The molecule has 15 heavy (non-hydrogen) atoms. The lowest BCUT2D eigenvalue weighted by molar-refractivity contribution is 0.532. The molecule has 78 valence electrons. The van der Waals surface area contributed by atoms with Crippen molar-refractivity contribution in [1.82, 2.24) is 5.32 Å². The summed E-state index contributed by atoms with van der Waals surface area (Å²) in [7, 11) is 0. The van der Waals surface area contributed by atoms with Crippen molar-refractivity contribution in [3.05, 3.63) is 54.1 Å². The summed E-state index contributed by atoms with van der Waals surface area (Å²) in [5, 5.41) is 3.50. The van der Waals surface area contributed by atoms with Crippen LogP contribution in [0.5, 0.6) is 0 Å². The zero-order chi connectivity index (χ0) is 10.7. The molecule has 1 heterocycles. The molecule has 1 aliphatic rings. The normalized spacial score (nSPS) is 30.1. The molecule has 0 unspecified atom stereocenters. The number of benzene rings is 1. The molecule has 1 aromatic carbocycles. The number of rotatable bonds is 2. The predicted octanol–water partition coefficient (Wildman–Crippen LogP) is 3.01. The molecule has 1 aromatic rings. The molecule has 1 aliphatic heterocycles. The second-order valence-electron chi connectivity index (χ2n) is 4.32. The molecule has 0 bridgehead atoms. The van der Waals surface area contributed by atoms with Crippen molar-refractivity contribution in [3.8, 4) is 0 Å². The largest absolute Gasteiger partial charge is 0.299 e. The zero-order valence-electron chi connectivity index (χ0n) is 9.27. The van der Waals surface area contributed by atoms with Crippen molar-refractivity contribution in [2.75, 3.05) is 0 Å². The maximum absolute atomic E-state index is 3.50. The minimum absolute atomic E-state index is 0.00918. The van der Waals surface area contributed by atoms with Gasteiger partial charge in [-0.2, -0.15) is 0 Å². The molecule has 0 saturated heterocycles. The highest BCUT2D eigenvalue weighted by atomic mass is 15.0. The summed E-state index contributed by atoms with van der Waals surface area (Å²) in [6.07, 6.45) is 8.80. The van der Waals surface area contributed by atoms with E-state index in [1.54, 1.807) is 0 Å². The Labute approximate surface area is 91.5 Å². The van der Waals surface area contributed by atoms with Crippen LogP contribution in [0.4, 0.5) is 0 Å². The van der Waals surface area contributed by atoms with Crippen molar-refractivity contribution < 1.29 is 0 Å². The molecule has 0 radical (unpaired) electrons. The first kappa shape index (κ1) is 10.2. The van der Waals surface area contributed by atoms with Crippen LogP contribution >= 0.6 is 0 Å². The van der Waals surface area contributed by atoms with E-state index in [1.165, 1.54) is 5.56 Å². The summed E-state index contributed by atoms with van der Waals surface area (Å²) in [6, 6.07) is 10.8. The van der Waals surface area contributed by atoms with Crippen molar-refractivity contribution in [2.24, 2.45) is 0 Å². The molecule has 1 heteroatoms. The van der Waals surface area contributed by atoms with Gasteiger partial charge in [0.25, 0.3) is 0 Å². The van der Waals surface area contributed by atoms with E-state index in [4.69, 9.17) is 0 Å². The van der Waals surface area contributed by atoms with Gasteiger partial charge in [0.1, 0.15) is 0 Å². The second-order valence-corrected chi connectivity index (χ2v) is 4.32. The van der Waals surface area contributed by atoms with Gasteiger partial charge in [0.15, 0.2) is 0 Å². The first-order chi connectivity index (χ1) is 7.18. The molecule has 0 aliphatic carbocycles. The Morgan fingerprint density at radius 1 is 1.27 bits per heavy atom. The third-order valence-electron chi connectivity index (χ3n) is 2.69. The number of hydrogen-bond donors (Lipinski definition) is 1. The van der Waals surface area contributed by atoms with Crippen LogP contribution in [0.2, 0.25) is 0 Å². The first-order valence-electron chi connectivity index (χ1n) is 5.39. The maximum Gasteiger partial charge on any atom is 0.0529 e. The topological polar surface area (TPSA) is 12.0 Å². The third kappa shape index (κ3) is 2.57. The van der Waals surface area contributed by atoms with E-state index < -0.39 is 0 Å². The van der Waals surface area contributed by atoms with Gasteiger partial charge < -0.3 is 0 Å². The van der Waals surface area contributed by atoms with Gasteiger partial charge in [-0.05, 0) is 19.4 Å². The number of nitrogens with one attached hydrogen (secondary N) is 1. The molecule has 1 N–H and O–H groups in total. The fourth-order valence-corrected chi connectivity index (χ4v) is 1.87. The molecule has 0 amide bonds. The van der Waals surface area contributed by atoms with Crippen LogP contribution in [-0.2, 0) is 0 Å². The fraction of sp³-hybridized carbons (Fsp3) is 0.286. The van der Waals surface area contributed by atoms with E-state index in [9.17, 15) is 0 Å². The fourth-order valence-electron chi connectivity index (χ4n) is 1.87. The predicted molar refractivity (Wildman–Crippen MR) is 65.6 cm³/mol. The minimum atomic E-state index is 0.00918. The molecule has 2 rings (SSSR count). The molecule has 0 spiro atoms. The quantitative estimate of drug-likeness (QED) is 0.722. The van der Waals surface area contributed by atoms with E-state index in [-0.39, 0.29) is 5.54 Å². The van der Waals surface area contributed by atoms with E-state index in [0.717, 1.165) is 0 Å². The van der Waals surface area contributed by atoms with E-state index in [0.29, 0.717) is 6.04 Å². The SMILES string of the molecule is C[C@H]1C=C[C@@](C)(/C=C/c2ccccc2)N1. The Hall–Kier alpha value is -1.34. The van der Waals surface area contributed by atoms with Crippen LogP contribution in [0.3, 0.4) is 0 Å². The monoisotopic (exact) mass is 199 g/mol. The highest BCUT2D eigenvalue weighted by Crippen LogP contribution is 2.18. The van der Waals surface area contributed by atoms with E-state index >= 15 is 0 Å². The lowest BCUT2D eigenvalue weighted by Gasteiger charge is -2.20. The smallest absolute Gasteiger partial charge is 0.0529 e. The lowest BCUT2D eigenvalue weighted by Crippen LogP contribution is -2.37. The van der Waals surface area contributed by atoms with Crippen LogP contribution in [0.25, 0.3) is 6.08 Å². The second kappa shape index (κ2) is 4.03. The van der Waals surface area contributed by atoms with Gasteiger partial charge in [0.05, 0.1) is 5.54 Å². The van der Waals surface area contributed by atoms with Crippen LogP contribution in [0.15, 0.2) is 48.6 Å². The van der Waals surface area contributed by atoms with Gasteiger partial charge in [-0.3, -0.25) is 5.32 Å². The highest BCUT2D eigenvalue weighted by molar-refractivity contribution is 5.51. The average Bonchev–Trinajstić information content (AvgIpc) is 2.58. The molecule has 2 atom stereocenters. The highest BCUT2D eigenvalue weighted by Gasteiger charge is 2.23. The Kier molecular flexibility index (Phi) is 2.74. The van der Waals surface area contributed by atoms with Crippen molar-refractivity contribution in [3.63, 3.8) is 0 Å². The van der Waals surface area contributed by atoms with Gasteiger partial charge in [-0.1, -0.05) is 54.6 Å². The van der Waals surface area contributed by atoms with Crippen molar-refractivity contribution in [2.45, 2.75) is 25.4 Å². The van der Waals surface area contributed by atoms with Gasteiger partial charge >= 0.3 is 0 Å². The maximum atomic E-state index is 3.50. The zero-order valence-corrected chi connectivity index (χ0v) is 9.27. The summed E-state index contributed by atoms with van der Waals surface area (Å²) in [4.78, 5) is 0. The summed E-state index contributed by atoms with van der Waals surface area (Å²) >= 11 is 0. The van der Waals surface area contributed by atoms with E-state index in [2.05, 4.69) is 67.7 Å². The number of hydrogen-bond acceptors (Lipinski definition) is 1. The lowest BCUT2D eigenvalue weighted by atomic mass is 10.0. The van der Waals surface area contributed by atoms with Crippen LogP contribution in [-0.4, -0.2) is 11.6 Å². The molecule has 0 aromatic heterocycles. The van der Waals surface area contributed by atoms with Gasteiger partial charge in [-0.15, -0.1) is 0 Å². The molecule has 0 saturated carbocycles. The van der Waals surface area contributed by atoms with Crippen LogP contribution in [0, 0.1) is 0 Å². The summed E-state index contributed by atoms with van der Waals surface area (Å²) in [5.41, 5.74) is 1.25. The van der Waals surface area contributed by atoms with Gasteiger partial charge in [0, 0.05) is 6.04 Å². The van der Waals surface area contributed by atoms with Crippen LogP contribution < -0.4 is 5.32 Å². The minimum Gasteiger partial charge on any atom is -0.299 e. The van der Waals surface area contributed by atoms with Crippen LogP contribution in [0.1, 0.15) is 19.4 Å². The van der Waals surface area contributed by atoms with Gasteiger partial charge in [0.2, 0.25) is 0 Å². The Bertz CT molecular complexity index is 378. The first-order valence-corrected chi connectivity index (χ1v) is 5.39. The third-order valence-corrected chi connectivity index (χ3v) is 2.69. The Morgan fingerprint density at radius 3 is 2.60 bits per heavy atom. The Morgan fingerprint density at radius 2 is 2.00 bits per heavy atom. The molecular weight excluding hydrogens is 182 g/mol. The van der Waals surface area contributed by atoms with Crippen molar-refractivity contribution >= 4 is 6.08 Å². The summed E-state index contributed by atoms with van der Waals surface area (Å²) in [5.74, 6) is 0. The Balaban J connectivity index is 2.10. The molecular formula is C14H17N. The van der Waals surface area contributed by atoms with Crippen molar-refractivity contribution in [1.29, 1.82) is 0 Å². The molecule has 1 nitrogen and oxygen atoms in total. The van der Waals surface area contributed by atoms with E-state index in [1.807, 2.05) is 6.07 Å². The standard InChI is InChI=1S/C14H17N/c1-12-8-10-14(2,15-12)11-9-13-6-4-3-5-7-13/h3-12,15H,1-2H3/b11-9+/t12-,14-/m0/s1. The average molecular weight is 199 g/mol. The molecule has 0 fully saturated rings. The van der Waals surface area contributed by atoms with Gasteiger partial charge in [-0.25, -0.2) is 0 Å². The summed E-state index contributed by atoms with van der Waals surface area (Å²) < 4.78 is 0. The summed E-state index contributed by atoms with van der Waals surface area (Å²) in [6.45, 7) is 4.35.